The van der Waals surface area contributed by atoms with Crippen LogP contribution in [0.1, 0.15) is 33.6 Å². The second-order valence-electron chi connectivity index (χ2n) is 7.35. The molecule has 170 valence electrons. The monoisotopic (exact) mass is 455 g/mol. The lowest BCUT2D eigenvalue weighted by Crippen LogP contribution is -2.12. The van der Waals surface area contributed by atoms with E-state index in [-0.39, 0.29) is 23.8 Å². The molecule has 3 aromatic rings. The van der Waals surface area contributed by atoms with Crippen LogP contribution in [0.3, 0.4) is 0 Å². The number of hydrogen-bond donors (Lipinski definition) is 2. The van der Waals surface area contributed by atoms with Gasteiger partial charge in [-0.2, -0.15) is 41.3 Å². The van der Waals surface area contributed by atoms with Crippen molar-refractivity contribution in [2.75, 3.05) is 10.6 Å². The topological polar surface area (TPSA) is 62.7 Å². The molecule has 0 saturated carbocycles. The predicted molar refractivity (Wildman–Crippen MR) is 108 cm³/mol. The molecule has 1 heterocycles. The number of nitrogens with one attached hydrogen (secondary N) is 2. The Morgan fingerprint density at radius 1 is 0.625 bits per heavy atom. The van der Waals surface area contributed by atoms with Gasteiger partial charge in [0.25, 0.3) is 0 Å². The van der Waals surface area contributed by atoms with Crippen LogP contribution < -0.4 is 10.6 Å². The molecule has 0 amide bonds. The third-order valence-corrected chi connectivity index (χ3v) is 4.50. The maximum absolute atomic E-state index is 13.1. The van der Waals surface area contributed by atoms with Crippen molar-refractivity contribution in [2.24, 2.45) is 0 Å². The molecule has 2 N–H and O–H groups in total. The van der Waals surface area contributed by atoms with E-state index in [1.54, 1.807) is 0 Å². The summed E-state index contributed by atoms with van der Waals surface area (Å²) in [5.41, 5.74) is 0.307. The van der Waals surface area contributed by atoms with Crippen LogP contribution >= 0.6 is 0 Å². The highest BCUT2D eigenvalue weighted by Gasteiger charge is 2.37. The minimum atomic E-state index is -4.96. The summed E-state index contributed by atoms with van der Waals surface area (Å²) in [6.07, 6.45) is -9.92. The van der Waals surface area contributed by atoms with Crippen LogP contribution in [0.15, 0.2) is 30.3 Å². The van der Waals surface area contributed by atoms with Crippen LogP contribution in [-0.2, 0) is 12.4 Å². The number of hydrogen-bond acceptors (Lipinski definition) is 5. The molecule has 5 nitrogen and oxygen atoms in total. The molecule has 1 aromatic heterocycles. The minimum absolute atomic E-state index is 0.0553. The summed E-state index contributed by atoms with van der Waals surface area (Å²) >= 11 is 0. The highest BCUT2D eigenvalue weighted by Crippen LogP contribution is 2.38. The van der Waals surface area contributed by atoms with Gasteiger partial charge in [0.2, 0.25) is 11.9 Å². The van der Waals surface area contributed by atoms with Gasteiger partial charge in [-0.25, -0.2) is 0 Å². The van der Waals surface area contributed by atoms with Crippen LogP contribution in [0.25, 0.3) is 0 Å². The molecule has 3 rings (SSSR count). The van der Waals surface area contributed by atoms with Gasteiger partial charge in [-0.3, -0.25) is 0 Å². The fraction of sp³-hybridized carbons (Fsp3) is 0.286. The Labute approximate surface area is 179 Å². The van der Waals surface area contributed by atoms with E-state index in [9.17, 15) is 26.3 Å². The molecule has 11 heteroatoms. The molecule has 0 aliphatic rings. The van der Waals surface area contributed by atoms with Gasteiger partial charge in [0.1, 0.15) is 5.82 Å². The van der Waals surface area contributed by atoms with Crippen molar-refractivity contribution in [1.82, 2.24) is 15.0 Å². The first-order chi connectivity index (χ1) is 14.7. The fourth-order valence-corrected chi connectivity index (χ4v) is 3.24. The van der Waals surface area contributed by atoms with Gasteiger partial charge in [0.15, 0.2) is 0 Å². The zero-order chi connectivity index (χ0) is 23.8. The molecule has 0 radical (unpaired) electrons. The average molecular weight is 455 g/mol. The number of rotatable bonds is 4. The summed E-state index contributed by atoms with van der Waals surface area (Å²) in [4.78, 5) is 12.2. The number of benzene rings is 2. The maximum atomic E-state index is 13.1. The molecule has 0 aliphatic heterocycles. The van der Waals surface area contributed by atoms with Crippen molar-refractivity contribution >= 4 is 23.3 Å². The molecule has 32 heavy (non-hydrogen) atoms. The number of nitrogens with zero attached hydrogens (tertiary/aromatic N) is 3. The second kappa shape index (κ2) is 8.29. The largest absolute Gasteiger partial charge is 0.416 e. The van der Waals surface area contributed by atoms with Crippen LogP contribution in [0.5, 0.6) is 0 Å². The summed E-state index contributed by atoms with van der Waals surface area (Å²) in [5.74, 6) is 0.114. The molecule has 0 aliphatic carbocycles. The number of halogens is 6. The van der Waals surface area contributed by atoms with E-state index < -0.39 is 29.2 Å². The minimum Gasteiger partial charge on any atom is -0.324 e. The Balaban J connectivity index is 1.98. The van der Waals surface area contributed by atoms with Crippen molar-refractivity contribution in [3.05, 3.63) is 64.0 Å². The zero-order valence-electron chi connectivity index (χ0n) is 17.5. The molecular formula is C21H19F6N5. The van der Waals surface area contributed by atoms with Crippen LogP contribution in [0, 0.1) is 27.7 Å². The second-order valence-corrected chi connectivity index (χ2v) is 7.35. The van der Waals surface area contributed by atoms with Crippen molar-refractivity contribution < 1.29 is 26.3 Å². The molecule has 0 saturated heterocycles. The predicted octanol–water partition coefficient (Wildman–Crippen LogP) is 6.63. The van der Waals surface area contributed by atoms with Gasteiger partial charge in [-0.15, -0.1) is 0 Å². The van der Waals surface area contributed by atoms with E-state index in [0.29, 0.717) is 12.1 Å². The van der Waals surface area contributed by atoms with Crippen LogP contribution in [-0.4, -0.2) is 15.0 Å². The summed E-state index contributed by atoms with van der Waals surface area (Å²) in [6, 6.07) is 5.08. The van der Waals surface area contributed by atoms with Crippen molar-refractivity contribution in [1.29, 1.82) is 0 Å². The first kappa shape index (κ1) is 23.3. The van der Waals surface area contributed by atoms with E-state index in [1.807, 2.05) is 32.9 Å². The van der Waals surface area contributed by atoms with Gasteiger partial charge in [0.05, 0.1) is 11.1 Å². The highest BCUT2D eigenvalue weighted by atomic mass is 19.4. The number of alkyl halides is 6. The molecule has 0 bridgehead atoms. The van der Waals surface area contributed by atoms with Gasteiger partial charge >= 0.3 is 12.4 Å². The number of aryl methyl sites for hydroxylation is 4. The van der Waals surface area contributed by atoms with Crippen molar-refractivity contribution in [3.63, 3.8) is 0 Å². The lowest BCUT2D eigenvalue weighted by Gasteiger charge is -2.16. The first-order valence-corrected chi connectivity index (χ1v) is 9.36. The number of anilines is 4. The third-order valence-electron chi connectivity index (χ3n) is 4.50. The summed E-state index contributed by atoms with van der Waals surface area (Å²) < 4.78 is 78.6. The molecule has 0 fully saturated rings. The Bertz CT molecular complexity index is 1100. The fourth-order valence-electron chi connectivity index (χ4n) is 3.24. The summed E-state index contributed by atoms with van der Waals surface area (Å²) in [6.45, 7) is 7.25. The molecule has 2 aromatic carbocycles. The normalized spacial score (nSPS) is 12.1. The van der Waals surface area contributed by atoms with E-state index in [1.165, 1.54) is 6.92 Å². The van der Waals surface area contributed by atoms with Crippen LogP contribution in [0.4, 0.5) is 49.6 Å². The van der Waals surface area contributed by atoms with E-state index >= 15 is 0 Å². The first-order valence-electron chi connectivity index (χ1n) is 9.36. The summed E-state index contributed by atoms with van der Waals surface area (Å²) in [5, 5.41) is 5.48. The van der Waals surface area contributed by atoms with Gasteiger partial charge in [-0.1, -0.05) is 17.7 Å². The average Bonchev–Trinajstić information content (AvgIpc) is 2.62. The van der Waals surface area contributed by atoms with Gasteiger partial charge < -0.3 is 10.6 Å². The molecule has 0 atom stereocenters. The Hall–Kier alpha value is -3.37. The third kappa shape index (κ3) is 5.45. The molecule has 0 spiro atoms. The Morgan fingerprint density at radius 2 is 1.09 bits per heavy atom. The Kier molecular flexibility index (Phi) is 6.03. The SMILES string of the molecule is Cc1cc(C)c(Nc2nc(C)nc(Nc3cc(C(F)(F)F)cc(C(F)(F)F)c3)n2)c(C)c1. The van der Waals surface area contributed by atoms with Gasteiger partial charge in [-0.05, 0) is 57.0 Å². The molecular weight excluding hydrogens is 436 g/mol. The highest BCUT2D eigenvalue weighted by molar-refractivity contribution is 5.65. The standard InChI is InChI=1S/C21H19F6N5/c1-10-5-11(2)17(12(3)6-10)31-19-29-13(4)28-18(32-19)30-16-8-14(20(22,23)24)7-15(9-16)21(25,26)27/h5-9H,1-4H3,(H2,28,29,30,31,32). The zero-order valence-corrected chi connectivity index (χ0v) is 17.5. The van der Waals surface area contributed by atoms with Crippen molar-refractivity contribution in [3.8, 4) is 0 Å². The van der Waals surface area contributed by atoms with E-state index in [2.05, 4.69) is 25.6 Å². The van der Waals surface area contributed by atoms with Crippen LogP contribution in [0.2, 0.25) is 0 Å². The lowest BCUT2D eigenvalue weighted by molar-refractivity contribution is -0.143. The summed E-state index contributed by atoms with van der Waals surface area (Å²) in [7, 11) is 0. The Morgan fingerprint density at radius 3 is 1.56 bits per heavy atom. The maximum Gasteiger partial charge on any atom is 0.416 e. The smallest absolute Gasteiger partial charge is 0.324 e. The van der Waals surface area contributed by atoms with Crippen molar-refractivity contribution in [2.45, 2.75) is 40.0 Å². The number of aromatic nitrogens is 3. The van der Waals surface area contributed by atoms with Gasteiger partial charge in [0, 0.05) is 11.4 Å². The quantitative estimate of drug-likeness (QED) is 0.433. The van der Waals surface area contributed by atoms with E-state index in [0.717, 1.165) is 22.4 Å². The lowest BCUT2D eigenvalue weighted by atomic mass is 10.1. The van der Waals surface area contributed by atoms with E-state index in [4.69, 9.17) is 0 Å². The molecule has 0 unspecified atom stereocenters.